The van der Waals surface area contributed by atoms with E-state index in [1.807, 2.05) is 6.33 Å². The fourth-order valence-electron chi connectivity index (χ4n) is 3.17. The quantitative estimate of drug-likeness (QED) is 0.842. The van der Waals surface area contributed by atoms with E-state index in [9.17, 15) is 0 Å². The predicted molar refractivity (Wildman–Crippen MR) is 84.1 cm³/mol. The molecule has 2 aromatic rings. The molecule has 0 saturated heterocycles. The Kier molecular flexibility index (Phi) is 3.79. The Hall–Kier alpha value is -1.35. The highest BCUT2D eigenvalue weighted by Gasteiger charge is 2.32. The van der Waals surface area contributed by atoms with E-state index in [0.29, 0.717) is 6.04 Å². The second-order valence-electron chi connectivity index (χ2n) is 6.19. The minimum Gasteiger partial charge on any atom is -0.327 e. The van der Waals surface area contributed by atoms with E-state index in [4.69, 9.17) is 0 Å². The zero-order chi connectivity index (χ0) is 14.1. The van der Waals surface area contributed by atoms with Crippen LogP contribution >= 0.6 is 0 Å². The monoisotopic (exact) mass is 271 g/mol. The topological polar surface area (TPSA) is 29.9 Å². The van der Waals surface area contributed by atoms with Crippen molar-refractivity contribution in [2.24, 2.45) is 5.92 Å². The average molecular weight is 271 g/mol. The van der Waals surface area contributed by atoms with Gasteiger partial charge < -0.3 is 9.88 Å². The third-order valence-electron chi connectivity index (χ3n) is 4.76. The van der Waals surface area contributed by atoms with Gasteiger partial charge in [-0.25, -0.2) is 4.98 Å². The van der Waals surface area contributed by atoms with Crippen LogP contribution in [0.1, 0.15) is 43.4 Å². The maximum Gasteiger partial charge on any atom is 0.0961 e. The molecule has 1 saturated carbocycles. The van der Waals surface area contributed by atoms with Crippen molar-refractivity contribution in [3.8, 4) is 0 Å². The summed E-state index contributed by atoms with van der Waals surface area (Å²) in [6.07, 6.45) is 5.88. The molecule has 2 atom stereocenters. The van der Waals surface area contributed by atoms with Crippen molar-refractivity contribution < 1.29 is 0 Å². The molecule has 1 N–H and O–H groups in total. The highest BCUT2D eigenvalue weighted by molar-refractivity contribution is 5.77. The molecule has 1 fully saturated rings. The molecule has 3 rings (SSSR count). The van der Waals surface area contributed by atoms with E-state index >= 15 is 0 Å². The van der Waals surface area contributed by atoms with Gasteiger partial charge in [0.15, 0.2) is 0 Å². The van der Waals surface area contributed by atoms with Crippen molar-refractivity contribution >= 4 is 11.0 Å². The summed E-state index contributed by atoms with van der Waals surface area (Å²) in [6.45, 7) is 8.84. The number of hydrogen-bond acceptors (Lipinski definition) is 2. The van der Waals surface area contributed by atoms with Gasteiger partial charge in [-0.3, -0.25) is 0 Å². The highest BCUT2D eigenvalue weighted by atomic mass is 15.1. The highest BCUT2D eigenvalue weighted by Crippen LogP contribution is 2.40. The van der Waals surface area contributed by atoms with E-state index in [2.05, 4.69) is 47.8 Å². The number of benzene rings is 1. The number of nitrogens with one attached hydrogen (secondary N) is 1. The number of aromatic nitrogens is 2. The summed E-state index contributed by atoms with van der Waals surface area (Å²) in [5, 5.41) is 3.56. The van der Waals surface area contributed by atoms with Gasteiger partial charge in [-0.1, -0.05) is 6.92 Å². The lowest BCUT2D eigenvalue weighted by molar-refractivity contribution is 0.181. The third kappa shape index (κ3) is 2.35. The van der Waals surface area contributed by atoms with Crippen molar-refractivity contribution in [2.45, 2.75) is 46.1 Å². The van der Waals surface area contributed by atoms with E-state index in [-0.39, 0.29) is 0 Å². The van der Waals surface area contributed by atoms with Crippen molar-refractivity contribution in [1.29, 1.82) is 0 Å². The molecule has 3 heteroatoms. The van der Waals surface area contributed by atoms with Gasteiger partial charge >= 0.3 is 0 Å². The van der Waals surface area contributed by atoms with Gasteiger partial charge in [0.05, 0.1) is 17.4 Å². The Labute approximate surface area is 121 Å². The molecule has 0 radical (unpaired) electrons. The van der Waals surface area contributed by atoms with Crippen molar-refractivity contribution in [3.05, 3.63) is 29.6 Å². The Balaban J connectivity index is 1.82. The Morgan fingerprint density at radius 2 is 2.05 bits per heavy atom. The van der Waals surface area contributed by atoms with Crippen LogP contribution < -0.4 is 5.32 Å². The van der Waals surface area contributed by atoms with Crippen LogP contribution in [0.4, 0.5) is 0 Å². The molecule has 108 valence electrons. The normalized spacial score (nSPS) is 22.1. The number of imidazole rings is 1. The molecule has 20 heavy (non-hydrogen) atoms. The Bertz CT molecular complexity index is 600. The van der Waals surface area contributed by atoms with Gasteiger partial charge in [-0.05, 0) is 75.4 Å². The molecule has 0 bridgehead atoms. The van der Waals surface area contributed by atoms with Gasteiger partial charge in [0.2, 0.25) is 0 Å². The van der Waals surface area contributed by atoms with Crippen LogP contribution in [0.3, 0.4) is 0 Å². The van der Waals surface area contributed by atoms with Crippen molar-refractivity contribution in [1.82, 2.24) is 14.9 Å². The van der Waals surface area contributed by atoms with Gasteiger partial charge in [0.1, 0.15) is 0 Å². The number of hydrogen-bond donors (Lipinski definition) is 1. The molecule has 1 aliphatic rings. The molecule has 1 heterocycles. The first kappa shape index (κ1) is 13.6. The first-order valence-corrected chi connectivity index (χ1v) is 7.85. The summed E-state index contributed by atoms with van der Waals surface area (Å²) in [4.78, 5) is 4.60. The first-order chi connectivity index (χ1) is 9.70. The lowest BCUT2D eigenvalue weighted by atomic mass is 9.79. The van der Waals surface area contributed by atoms with Crippen LogP contribution in [0.5, 0.6) is 0 Å². The second kappa shape index (κ2) is 5.57. The number of fused-ring (bicyclic) bond motifs is 1. The zero-order valence-electron chi connectivity index (χ0n) is 12.8. The summed E-state index contributed by atoms with van der Waals surface area (Å²) >= 11 is 0. The third-order valence-corrected chi connectivity index (χ3v) is 4.76. The number of rotatable bonds is 5. The van der Waals surface area contributed by atoms with Gasteiger partial charge in [0.25, 0.3) is 0 Å². The molecule has 1 aromatic carbocycles. The molecule has 3 nitrogen and oxygen atoms in total. The molecule has 0 spiro atoms. The largest absolute Gasteiger partial charge is 0.327 e. The standard InChI is InChI=1S/C17H25N3/c1-4-7-18-10-14-5-6-16(14)20-11-19-15-8-12(2)13(3)9-17(15)20/h8-9,11,14,16,18H,4-7,10H2,1-3H3. The average Bonchev–Trinajstić information content (AvgIpc) is 2.77. The smallest absolute Gasteiger partial charge is 0.0961 e. The van der Waals surface area contributed by atoms with Crippen LogP contribution in [0.2, 0.25) is 0 Å². The van der Waals surface area contributed by atoms with Crippen LogP contribution in [0.25, 0.3) is 11.0 Å². The van der Waals surface area contributed by atoms with Crippen LogP contribution in [0.15, 0.2) is 18.5 Å². The fourth-order valence-corrected chi connectivity index (χ4v) is 3.17. The summed E-state index contributed by atoms with van der Waals surface area (Å²) in [5.74, 6) is 0.764. The van der Waals surface area contributed by atoms with E-state index in [0.717, 1.165) is 24.5 Å². The zero-order valence-corrected chi connectivity index (χ0v) is 12.8. The fraction of sp³-hybridized carbons (Fsp3) is 0.588. The minimum absolute atomic E-state index is 0.631. The number of aryl methyl sites for hydroxylation is 2. The molecule has 1 aromatic heterocycles. The summed E-state index contributed by atoms with van der Waals surface area (Å²) in [5.41, 5.74) is 5.13. The molecular formula is C17H25N3. The van der Waals surface area contributed by atoms with Crippen LogP contribution in [-0.2, 0) is 0 Å². The Morgan fingerprint density at radius 1 is 1.25 bits per heavy atom. The molecule has 1 aliphatic carbocycles. The first-order valence-electron chi connectivity index (χ1n) is 7.85. The van der Waals surface area contributed by atoms with E-state index in [1.165, 1.54) is 35.9 Å². The van der Waals surface area contributed by atoms with Crippen LogP contribution in [-0.4, -0.2) is 22.6 Å². The SMILES string of the molecule is CCCNCC1CCC1n1cnc2cc(C)c(C)cc21. The summed E-state index contributed by atoms with van der Waals surface area (Å²) in [7, 11) is 0. The molecule has 2 unspecified atom stereocenters. The lowest BCUT2D eigenvalue weighted by Crippen LogP contribution is -2.36. The summed E-state index contributed by atoms with van der Waals surface area (Å²) < 4.78 is 2.41. The number of nitrogens with zero attached hydrogens (tertiary/aromatic N) is 2. The van der Waals surface area contributed by atoms with Gasteiger partial charge in [0, 0.05) is 6.04 Å². The molecule has 0 aliphatic heterocycles. The van der Waals surface area contributed by atoms with Crippen LogP contribution in [0, 0.1) is 19.8 Å². The minimum atomic E-state index is 0.631. The predicted octanol–water partition coefficient (Wildman–Crippen LogP) is 3.60. The maximum atomic E-state index is 4.60. The second-order valence-corrected chi connectivity index (χ2v) is 6.19. The van der Waals surface area contributed by atoms with Crippen molar-refractivity contribution in [3.63, 3.8) is 0 Å². The van der Waals surface area contributed by atoms with E-state index in [1.54, 1.807) is 0 Å². The lowest BCUT2D eigenvalue weighted by Gasteiger charge is -2.38. The summed E-state index contributed by atoms with van der Waals surface area (Å²) in [6, 6.07) is 5.14. The van der Waals surface area contributed by atoms with E-state index < -0.39 is 0 Å². The van der Waals surface area contributed by atoms with Gasteiger partial charge in [-0.2, -0.15) is 0 Å². The molecule has 0 amide bonds. The molecular weight excluding hydrogens is 246 g/mol. The van der Waals surface area contributed by atoms with Crippen molar-refractivity contribution in [2.75, 3.05) is 13.1 Å². The maximum absolute atomic E-state index is 4.60. The van der Waals surface area contributed by atoms with Gasteiger partial charge in [-0.15, -0.1) is 0 Å². The Morgan fingerprint density at radius 3 is 2.75 bits per heavy atom.